The molecule has 0 bridgehead atoms. The standard InChI is InChI=1S/C17H21ClO3/c1-4-16(2)9-10-17(14(16)19,15(20)21-3)11-12-5-7-13(18)8-6-12/h5-8H,4,9-11H2,1-3H3. The van der Waals surface area contributed by atoms with Gasteiger partial charge in [-0.25, -0.2) is 0 Å². The van der Waals surface area contributed by atoms with Crippen LogP contribution in [-0.2, 0) is 20.7 Å². The molecule has 1 aromatic carbocycles. The summed E-state index contributed by atoms with van der Waals surface area (Å²) >= 11 is 5.89. The molecule has 0 amide bonds. The highest BCUT2D eigenvalue weighted by molar-refractivity contribution is 6.30. The van der Waals surface area contributed by atoms with Gasteiger partial charge in [0.2, 0.25) is 0 Å². The number of esters is 1. The van der Waals surface area contributed by atoms with Gasteiger partial charge in [-0.15, -0.1) is 0 Å². The lowest BCUT2D eigenvalue weighted by molar-refractivity contribution is -0.158. The molecule has 1 saturated carbocycles. The van der Waals surface area contributed by atoms with Gasteiger partial charge >= 0.3 is 5.97 Å². The average molecular weight is 309 g/mol. The number of carbonyl (C=O) groups is 2. The van der Waals surface area contributed by atoms with Gasteiger partial charge in [0.25, 0.3) is 0 Å². The second-order valence-corrected chi connectivity index (χ2v) is 6.56. The van der Waals surface area contributed by atoms with Crippen LogP contribution in [0.2, 0.25) is 5.02 Å². The number of hydrogen-bond acceptors (Lipinski definition) is 3. The summed E-state index contributed by atoms with van der Waals surface area (Å²) in [6.45, 7) is 3.94. The van der Waals surface area contributed by atoms with E-state index in [1.54, 1.807) is 12.1 Å². The van der Waals surface area contributed by atoms with Crippen molar-refractivity contribution in [1.82, 2.24) is 0 Å². The molecule has 0 N–H and O–H groups in total. The van der Waals surface area contributed by atoms with Crippen molar-refractivity contribution < 1.29 is 14.3 Å². The normalized spacial score (nSPS) is 28.7. The van der Waals surface area contributed by atoms with Gasteiger partial charge in [-0.05, 0) is 43.4 Å². The van der Waals surface area contributed by atoms with E-state index < -0.39 is 16.8 Å². The molecule has 0 saturated heterocycles. The van der Waals surface area contributed by atoms with E-state index in [1.807, 2.05) is 26.0 Å². The lowest BCUT2D eigenvalue weighted by atomic mass is 9.74. The number of carbonyl (C=O) groups excluding carboxylic acids is 2. The predicted molar refractivity (Wildman–Crippen MR) is 82.2 cm³/mol. The maximum atomic E-state index is 12.9. The van der Waals surface area contributed by atoms with Crippen LogP contribution >= 0.6 is 11.6 Å². The van der Waals surface area contributed by atoms with Crippen LogP contribution in [0.25, 0.3) is 0 Å². The Bertz CT molecular complexity index is 552. The Labute approximate surface area is 130 Å². The monoisotopic (exact) mass is 308 g/mol. The van der Waals surface area contributed by atoms with Gasteiger partial charge in [0.15, 0.2) is 5.78 Å². The summed E-state index contributed by atoms with van der Waals surface area (Å²) < 4.78 is 4.96. The van der Waals surface area contributed by atoms with E-state index in [4.69, 9.17) is 16.3 Å². The number of hydrogen-bond donors (Lipinski definition) is 0. The van der Waals surface area contributed by atoms with Crippen LogP contribution in [0.1, 0.15) is 38.7 Å². The maximum Gasteiger partial charge on any atom is 0.319 e. The summed E-state index contributed by atoms with van der Waals surface area (Å²) in [5.41, 5.74) is -0.549. The molecule has 2 unspecified atom stereocenters. The van der Waals surface area contributed by atoms with Crippen LogP contribution in [0.5, 0.6) is 0 Å². The molecule has 114 valence electrons. The quantitative estimate of drug-likeness (QED) is 0.627. The first kappa shape index (κ1) is 16.0. The summed E-state index contributed by atoms with van der Waals surface area (Å²) in [5, 5.41) is 0.641. The summed E-state index contributed by atoms with van der Waals surface area (Å²) in [7, 11) is 1.35. The van der Waals surface area contributed by atoms with Crippen molar-refractivity contribution in [2.75, 3.05) is 7.11 Å². The first-order valence-electron chi connectivity index (χ1n) is 7.26. The van der Waals surface area contributed by atoms with Gasteiger partial charge in [-0.3, -0.25) is 9.59 Å². The summed E-state index contributed by atoms with van der Waals surface area (Å²) in [5.74, 6) is -0.404. The molecule has 3 nitrogen and oxygen atoms in total. The van der Waals surface area contributed by atoms with Crippen LogP contribution in [0.3, 0.4) is 0 Å². The molecule has 1 fully saturated rings. The predicted octanol–water partition coefficient (Wildman–Crippen LogP) is 3.82. The van der Waals surface area contributed by atoms with Gasteiger partial charge in [0.1, 0.15) is 5.41 Å². The Morgan fingerprint density at radius 3 is 2.38 bits per heavy atom. The van der Waals surface area contributed by atoms with E-state index in [0.29, 0.717) is 17.9 Å². The Balaban J connectivity index is 2.38. The molecule has 4 heteroatoms. The first-order chi connectivity index (χ1) is 9.88. The molecular formula is C17H21ClO3. The molecule has 0 aromatic heterocycles. The van der Waals surface area contributed by atoms with Crippen molar-refractivity contribution in [2.24, 2.45) is 10.8 Å². The molecule has 2 atom stereocenters. The largest absolute Gasteiger partial charge is 0.468 e. The van der Waals surface area contributed by atoms with E-state index in [-0.39, 0.29) is 5.78 Å². The molecule has 0 aliphatic heterocycles. The third-order valence-corrected chi connectivity index (χ3v) is 5.11. The van der Waals surface area contributed by atoms with Crippen molar-refractivity contribution in [2.45, 2.75) is 39.5 Å². The molecule has 1 aromatic rings. The van der Waals surface area contributed by atoms with Gasteiger partial charge in [-0.2, -0.15) is 0 Å². The third-order valence-electron chi connectivity index (χ3n) is 4.86. The Morgan fingerprint density at radius 2 is 1.90 bits per heavy atom. The van der Waals surface area contributed by atoms with Crippen LogP contribution in [0.15, 0.2) is 24.3 Å². The topological polar surface area (TPSA) is 43.4 Å². The van der Waals surface area contributed by atoms with Gasteiger partial charge in [0.05, 0.1) is 7.11 Å². The molecule has 21 heavy (non-hydrogen) atoms. The van der Waals surface area contributed by atoms with Gasteiger partial charge < -0.3 is 4.74 Å². The molecule has 1 aliphatic carbocycles. The number of ketones is 1. The number of rotatable bonds is 4. The molecule has 1 aliphatic rings. The molecule has 0 heterocycles. The van der Waals surface area contributed by atoms with Crippen LogP contribution < -0.4 is 0 Å². The molecular weight excluding hydrogens is 288 g/mol. The lowest BCUT2D eigenvalue weighted by Crippen LogP contribution is -2.42. The summed E-state index contributed by atoms with van der Waals surface area (Å²) in [6, 6.07) is 7.28. The minimum Gasteiger partial charge on any atom is -0.468 e. The van der Waals surface area contributed by atoms with E-state index in [9.17, 15) is 9.59 Å². The number of Topliss-reactive ketones (excluding diaryl/α,β-unsaturated/α-hetero) is 1. The van der Waals surface area contributed by atoms with Gasteiger partial charge in [0, 0.05) is 10.4 Å². The minimum atomic E-state index is -1.05. The van der Waals surface area contributed by atoms with E-state index in [1.165, 1.54) is 7.11 Å². The highest BCUT2D eigenvalue weighted by atomic mass is 35.5. The molecule has 0 spiro atoms. The zero-order chi connectivity index (χ0) is 15.7. The third kappa shape index (κ3) is 2.71. The zero-order valence-electron chi connectivity index (χ0n) is 12.7. The van der Waals surface area contributed by atoms with E-state index >= 15 is 0 Å². The average Bonchev–Trinajstić information content (AvgIpc) is 2.75. The van der Waals surface area contributed by atoms with Crippen molar-refractivity contribution in [3.63, 3.8) is 0 Å². The minimum absolute atomic E-state index is 0.0132. The smallest absolute Gasteiger partial charge is 0.319 e. The van der Waals surface area contributed by atoms with Crippen molar-refractivity contribution in [3.8, 4) is 0 Å². The molecule has 0 radical (unpaired) electrons. The van der Waals surface area contributed by atoms with Crippen LogP contribution in [0, 0.1) is 10.8 Å². The van der Waals surface area contributed by atoms with E-state index in [0.717, 1.165) is 18.4 Å². The van der Waals surface area contributed by atoms with E-state index in [2.05, 4.69) is 0 Å². The summed E-state index contributed by atoms with van der Waals surface area (Å²) in [4.78, 5) is 25.3. The fourth-order valence-electron chi connectivity index (χ4n) is 3.21. The lowest BCUT2D eigenvalue weighted by Gasteiger charge is -2.28. The number of benzene rings is 1. The second-order valence-electron chi connectivity index (χ2n) is 6.12. The summed E-state index contributed by atoms with van der Waals surface area (Å²) in [6.07, 6.45) is 2.40. The van der Waals surface area contributed by atoms with Gasteiger partial charge in [-0.1, -0.05) is 37.6 Å². The number of ether oxygens (including phenoxy) is 1. The number of halogens is 1. The Morgan fingerprint density at radius 1 is 1.29 bits per heavy atom. The first-order valence-corrected chi connectivity index (χ1v) is 7.63. The number of methoxy groups -OCH3 is 1. The van der Waals surface area contributed by atoms with Crippen molar-refractivity contribution in [3.05, 3.63) is 34.9 Å². The Hall–Kier alpha value is -1.35. The van der Waals surface area contributed by atoms with Crippen molar-refractivity contribution >= 4 is 23.4 Å². The van der Waals surface area contributed by atoms with Crippen LogP contribution in [-0.4, -0.2) is 18.9 Å². The SMILES string of the molecule is CCC1(C)CCC(Cc2ccc(Cl)cc2)(C(=O)OC)C1=O. The second kappa shape index (κ2) is 5.80. The zero-order valence-corrected chi connectivity index (χ0v) is 13.5. The van der Waals surface area contributed by atoms with Crippen molar-refractivity contribution in [1.29, 1.82) is 0 Å². The maximum absolute atomic E-state index is 12.9. The van der Waals surface area contributed by atoms with Crippen LogP contribution in [0.4, 0.5) is 0 Å². The fraction of sp³-hybridized carbons (Fsp3) is 0.529. The Kier molecular flexibility index (Phi) is 4.43. The highest BCUT2D eigenvalue weighted by Gasteiger charge is 2.58. The fourth-order valence-corrected chi connectivity index (χ4v) is 3.34. The highest BCUT2D eigenvalue weighted by Crippen LogP contribution is 2.50. The molecule has 2 rings (SSSR count).